The number of carbonyl (C=O) groups excluding carboxylic acids is 1. The first-order valence-electron chi connectivity index (χ1n) is 6.62. The zero-order valence-electron chi connectivity index (χ0n) is 11.7. The summed E-state index contributed by atoms with van der Waals surface area (Å²) in [5, 5.41) is 5.87. The van der Waals surface area contributed by atoms with E-state index >= 15 is 0 Å². The molecule has 1 aliphatic rings. The molecule has 1 heterocycles. The van der Waals surface area contributed by atoms with Gasteiger partial charge in [0.2, 0.25) is 0 Å². The first-order chi connectivity index (χ1) is 9.69. The highest BCUT2D eigenvalue weighted by Gasteiger charge is 2.20. The van der Waals surface area contributed by atoms with Crippen molar-refractivity contribution in [2.75, 3.05) is 32.1 Å². The van der Waals surface area contributed by atoms with Crippen LogP contribution in [0.15, 0.2) is 24.3 Å². The van der Waals surface area contributed by atoms with E-state index in [0.717, 1.165) is 6.54 Å². The van der Waals surface area contributed by atoms with Crippen LogP contribution in [0, 0.1) is 0 Å². The largest absolute Gasteiger partial charge is 0.495 e. The number of nitrogens with one attached hydrogen (secondary N) is 2. The van der Waals surface area contributed by atoms with E-state index in [9.17, 15) is 4.79 Å². The lowest BCUT2D eigenvalue weighted by Gasteiger charge is -2.28. The van der Waals surface area contributed by atoms with Crippen molar-refractivity contribution in [3.63, 3.8) is 0 Å². The molecule has 110 valence electrons. The molecular formula is C14H20N2O4. The third-order valence-corrected chi connectivity index (χ3v) is 2.97. The lowest BCUT2D eigenvalue weighted by Crippen LogP contribution is -2.45. The maximum atomic E-state index is 11.7. The van der Waals surface area contributed by atoms with Crippen molar-refractivity contribution in [2.45, 2.75) is 19.1 Å². The van der Waals surface area contributed by atoms with Gasteiger partial charge in [0.05, 0.1) is 18.9 Å². The molecule has 0 radical (unpaired) electrons. The summed E-state index contributed by atoms with van der Waals surface area (Å²) in [6.45, 7) is 3.71. The van der Waals surface area contributed by atoms with Crippen molar-refractivity contribution in [1.82, 2.24) is 5.32 Å². The Bertz CT molecular complexity index is 453. The number of anilines is 1. The SMILES string of the molecule is COc1ccccc1NC(=O)OCC1CNCC(C)O1. The van der Waals surface area contributed by atoms with Gasteiger partial charge in [-0.2, -0.15) is 0 Å². The molecule has 6 heteroatoms. The van der Waals surface area contributed by atoms with Crippen molar-refractivity contribution in [3.05, 3.63) is 24.3 Å². The molecular weight excluding hydrogens is 260 g/mol. The molecule has 6 nitrogen and oxygen atoms in total. The summed E-state index contributed by atoms with van der Waals surface area (Å²) < 4.78 is 16.0. The first kappa shape index (κ1) is 14.6. The second-order valence-electron chi connectivity index (χ2n) is 4.65. The van der Waals surface area contributed by atoms with E-state index in [2.05, 4.69) is 10.6 Å². The Labute approximate surface area is 118 Å². The van der Waals surface area contributed by atoms with Gasteiger partial charge >= 0.3 is 6.09 Å². The van der Waals surface area contributed by atoms with E-state index < -0.39 is 6.09 Å². The predicted molar refractivity (Wildman–Crippen MR) is 75.2 cm³/mol. The van der Waals surface area contributed by atoms with Crippen molar-refractivity contribution in [3.8, 4) is 5.75 Å². The number of benzene rings is 1. The first-order valence-corrected chi connectivity index (χ1v) is 6.62. The molecule has 2 rings (SSSR count). The van der Waals surface area contributed by atoms with Gasteiger partial charge in [0.1, 0.15) is 18.5 Å². The normalized spacial score (nSPS) is 22.1. The highest BCUT2D eigenvalue weighted by Crippen LogP contribution is 2.23. The molecule has 0 bridgehead atoms. The number of hydrogen-bond donors (Lipinski definition) is 2. The number of morpholine rings is 1. The summed E-state index contributed by atoms with van der Waals surface area (Å²) in [6.07, 6.45) is -0.492. The van der Waals surface area contributed by atoms with Crippen molar-refractivity contribution >= 4 is 11.8 Å². The van der Waals surface area contributed by atoms with E-state index in [4.69, 9.17) is 14.2 Å². The molecule has 0 aromatic heterocycles. The Morgan fingerprint density at radius 3 is 3.00 bits per heavy atom. The van der Waals surface area contributed by atoms with Crippen LogP contribution in [-0.4, -0.2) is 45.1 Å². The number of methoxy groups -OCH3 is 1. The number of rotatable bonds is 4. The standard InChI is InChI=1S/C14H20N2O4/c1-10-7-15-8-11(20-10)9-19-14(17)16-12-5-3-4-6-13(12)18-2/h3-6,10-11,15H,7-9H2,1-2H3,(H,16,17). The van der Waals surface area contributed by atoms with Gasteiger partial charge in [0.15, 0.2) is 0 Å². The molecule has 0 aliphatic carbocycles. The molecule has 0 saturated carbocycles. The molecule has 1 aliphatic heterocycles. The fourth-order valence-corrected chi connectivity index (χ4v) is 2.03. The molecule has 2 N–H and O–H groups in total. The summed E-state index contributed by atoms with van der Waals surface area (Å²) in [4.78, 5) is 11.7. The van der Waals surface area contributed by atoms with E-state index in [-0.39, 0.29) is 18.8 Å². The smallest absolute Gasteiger partial charge is 0.411 e. The van der Waals surface area contributed by atoms with Crippen LogP contribution in [0.2, 0.25) is 0 Å². The lowest BCUT2D eigenvalue weighted by atomic mass is 10.2. The van der Waals surface area contributed by atoms with Gasteiger partial charge in [0.25, 0.3) is 0 Å². The molecule has 1 aromatic rings. The Morgan fingerprint density at radius 1 is 1.45 bits per heavy atom. The summed E-state index contributed by atoms with van der Waals surface area (Å²) in [6, 6.07) is 7.17. The lowest BCUT2D eigenvalue weighted by molar-refractivity contribution is -0.0533. The second-order valence-corrected chi connectivity index (χ2v) is 4.65. The van der Waals surface area contributed by atoms with Crippen LogP contribution in [0.5, 0.6) is 5.75 Å². The number of ether oxygens (including phenoxy) is 3. The predicted octanol–water partition coefficient (Wildman–Crippen LogP) is 1.62. The van der Waals surface area contributed by atoms with Crippen molar-refractivity contribution < 1.29 is 19.0 Å². The van der Waals surface area contributed by atoms with Gasteiger partial charge in [-0.05, 0) is 19.1 Å². The minimum absolute atomic E-state index is 0.109. The van der Waals surface area contributed by atoms with E-state index in [0.29, 0.717) is 18.0 Å². The quantitative estimate of drug-likeness (QED) is 0.877. The Balaban J connectivity index is 1.80. The fourth-order valence-electron chi connectivity index (χ4n) is 2.03. The van der Waals surface area contributed by atoms with E-state index in [1.165, 1.54) is 0 Å². The number of para-hydroxylation sites is 2. The van der Waals surface area contributed by atoms with Gasteiger partial charge in [-0.15, -0.1) is 0 Å². The molecule has 2 atom stereocenters. The summed E-state index contributed by atoms with van der Waals surface area (Å²) in [5.74, 6) is 0.591. The molecule has 2 unspecified atom stereocenters. The molecule has 1 aromatic carbocycles. The van der Waals surface area contributed by atoms with Gasteiger partial charge in [-0.1, -0.05) is 12.1 Å². The average Bonchev–Trinajstić information content (AvgIpc) is 2.46. The number of amides is 1. The minimum Gasteiger partial charge on any atom is -0.495 e. The molecule has 1 saturated heterocycles. The van der Waals surface area contributed by atoms with Crippen LogP contribution in [-0.2, 0) is 9.47 Å². The summed E-state index contributed by atoms with van der Waals surface area (Å²) >= 11 is 0. The van der Waals surface area contributed by atoms with Gasteiger partial charge in [-0.25, -0.2) is 4.79 Å². The molecule has 1 amide bonds. The van der Waals surface area contributed by atoms with Crippen LogP contribution < -0.4 is 15.4 Å². The summed E-state index contributed by atoms with van der Waals surface area (Å²) in [7, 11) is 1.55. The topological polar surface area (TPSA) is 68.8 Å². The maximum Gasteiger partial charge on any atom is 0.411 e. The van der Waals surface area contributed by atoms with Crippen LogP contribution >= 0.6 is 0 Å². The van der Waals surface area contributed by atoms with Gasteiger partial charge in [-0.3, -0.25) is 5.32 Å². The van der Waals surface area contributed by atoms with Gasteiger partial charge < -0.3 is 19.5 Å². The zero-order valence-corrected chi connectivity index (χ0v) is 11.7. The Kier molecular flexibility index (Phi) is 5.20. The number of carbonyl (C=O) groups is 1. The molecule has 1 fully saturated rings. The van der Waals surface area contributed by atoms with E-state index in [1.54, 1.807) is 19.2 Å². The maximum absolute atomic E-state index is 11.7. The molecule has 20 heavy (non-hydrogen) atoms. The van der Waals surface area contributed by atoms with E-state index in [1.807, 2.05) is 19.1 Å². The van der Waals surface area contributed by atoms with Crippen molar-refractivity contribution in [1.29, 1.82) is 0 Å². The fraction of sp³-hybridized carbons (Fsp3) is 0.500. The number of hydrogen-bond acceptors (Lipinski definition) is 5. The minimum atomic E-state index is -0.517. The Hall–Kier alpha value is -1.79. The monoisotopic (exact) mass is 280 g/mol. The van der Waals surface area contributed by atoms with Crippen LogP contribution in [0.1, 0.15) is 6.92 Å². The average molecular weight is 280 g/mol. The van der Waals surface area contributed by atoms with Crippen LogP contribution in [0.4, 0.5) is 10.5 Å². The highest BCUT2D eigenvalue weighted by atomic mass is 16.6. The Morgan fingerprint density at radius 2 is 2.25 bits per heavy atom. The van der Waals surface area contributed by atoms with Crippen LogP contribution in [0.3, 0.4) is 0 Å². The second kappa shape index (κ2) is 7.12. The van der Waals surface area contributed by atoms with Gasteiger partial charge in [0, 0.05) is 13.1 Å². The third kappa shape index (κ3) is 4.11. The highest BCUT2D eigenvalue weighted by molar-refractivity contribution is 5.86. The van der Waals surface area contributed by atoms with Crippen LogP contribution in [0.25, 0.3) is 0 Å². The van der Waals surface area contributed by atoms with Crippen molar-refractivity contribution in [2.24, 2.45) is 0 Å². The summed E-state index contributed by atoms with van der Waals surface area (Å²) in [5.41, 5.74) is 0.580. The molecule has 0 spiro atoms. The zero-order chi connectivity index (χ0) is 14.4. The third-order valence-electron chi connectivity index (χ3n) is 2.97.